The number of aromatic carboxylic acids is 1. The van der Waals surface area contributed by atoms with Crippen molar-refractivity contribution in [2.24, 2.45) is 4.99 Å². The lowest BCUT2D eigenvalue weighted by molar-refractivity contribution is 0.0599. The van der Waals surface area contributed by atoms with Crippen LogP contribution in [0, 0.1) is 0 Å². The van der Waals surface area contributed by atoms with Crippen molar-refractivity contribution in [2.75, 3.05) is 7.11 Å². The van der Waals surface area contributed by atoms with Gasteiger partial charge >= 0.3 is 11.9 Å². The van der Waals surface area contributed by atoms with Crippen molar-refractivity contribution in [3.8, 4) is 11.3 Å². The predicted octanol–water partition coefficient (Wildman–Crippen LogP) is 5.06. The number of benzene rings is 3. The summed E-state index contributed by atoms with van der Waals surface area (Å²) >= 11 is 1.28. The van der Waals surface area contributed by atoms with Crippen LogP contribution in [0.1, 0.15) is 55.6 Å². The number of rotatable bonds is 5. The number of carbonyl (C=O) groups is 2. The number of hydrogen-bond acceptors (Lipinski definition) is 7. The van der Waals surface area contributed by atoms with Gasteiger partial charge in [0.05, 0.1) is 34.5 Å². The van der Waals surface area contributed by atoms with Crippen molar-refractivity contribution in [3.63, 3.8) is 0 Å². The summed E-state index contributed by atoms with van der Waals surface area (Å²) in [5.74, 6) is -0.654. The number of allylic oxidation sites excluding steroid dienone is 1. The molecule has 5 aromatic rings. The van der Waals surface area contributed by atoms with Gasteiger partial charge in [-0.1, -0.05) is 65.9 Å². The zero-order valence-electron chi connectivity index (χ0n) is 22.9. The first kappa shape index (κ1) is 26.6. The monoisotopic (exact) mass is 588 g/mol. The van der Waals surface area contributed by atoms with Crippen molar-refractivity contribution in [1.29, 1.82) is 0 Å². The molecule has 43 heavy (non-hydrogen) atoms. The molecule has 2 aromatic heterocycles. The molecule has 0 spiro atoms. The minimum Gasteiger partial charge on any atom is -0.478 e. The predicted molar refractivity (Wildman–Crippen MR) is 162 cm³/mol. The molecule has 1 aliphatic carbocycles. The smallest absolute Gasteiger partial charge is 0.337 e. The largest absolute Gasteiger partial charge is 0.478 e. The van der Waals surface area contributed by atoms with Crippen LogP contribution in [0.25, 0.3) is 23.1 Å². The number of carboxylic acid groups (broad SMARTS) is 1. The Morgan fingerprint density at radius 3 is 2.49 bits per heavy atom. The summed E-state index contributed by atoms with van der Waals surface area (Å²) in [5, 5.41) is 9.59. The van der Waals surface area contributed by atoms with Crippen LogP contribution in [0.3, 0.4) is 0 Å². The second-order valence-electron chi connectivity index (χ2n) is 10.3. The third-order valence-electron chi connectivity index (χ3n) is 7.84. The third-order valence-corrected chi connectivity index (χ3v) is 8.83. The molecule has 0 fully saturated rings. The molecule has 1 N–H and O–H groups in total. The summed E-state index contributed by atoms with van der Waals surface area (Å²) in [4.78, 5) is 43.4. The number of carboxylic acids is 1. The van der Waals surface area contributed by atoms with Crippen molar-refractivity contribution in [1.82, 2.24) is 4.57 Å². The van der Waals surface area contributed by atoms with Gasteiger partial charge in [-0.3, -0.25) is 9.36 Å². The Morgan fingerprint density at radius 2 is 1.72 bits per heavy atom. The molecule has 8 nitrogen and oxygen atoms in total. The van der Waals surface area contributed by atoms with E-state index in [1.165, 1.54) is 30.1 Å². The SMILES string of the molecule is COC(=O)c1ccc(C2C3=C(N=c4s/c(=C\c5ccc(-c6ccccc6C(=O)O)o5)c(=O)n42)c2ccccc2CC3)cc1. The fourth-order valence-electron chi connectivity index (χ4n) is 5.83. The Kier molecular flexibility index (Phi) is 6.51. The van der Waals surface area contributed by atoms with Gasteiger partial charge in [-0.2, -0.15) is 0 Å². The number of fused-ring (bicyclic) bond motifs is 3. The minimum atomic E-state index is -1.05. The number of hydrogen-bond donors (Lipinski definition) is 1. The first-order valence-corrected chi connectivity index (χ1v) is 14.5. The summed E-state index contributed by atoms with van der Waals surface area (Å²) in [6.45, 7) is 0. The van der Waals surface area contributed by atoms with E-state index >= 15 is 0 Å². The average Bonchev–Trinajstić information content (AvgIpc) is 3.63. The lowest BCUT2D eigenvalue weighted by Crippen LogP contribution is -2.38. The molecule has 7 rings (SSSR count). The molecule has 3 aromatic carbocycles. The number of aryl methyl sites for hydroxylation is 1. The summed E-state index contributed by atoms with van der Waals surface area (Å²) in [6.07, 6.45) is 3.25. The number of furan rings is 1. The zero-order chi connectivity index (χ0) is 29.7. The molecule has 1 unspecified atom stereocenters. The quantitative estimate of drug-likeness (QED) is 0.287. The first-order valence-electron chi connectivity index (χ1n) is 13.7. The van der Waals surface area contributed by atoms with Gasteiger partial charge in [0.1, 0.15) is 11.5 Å². The highest BCUT2D eigenvalue weighted by Crippen LogP contribution is 2.41. The molecule has 0 radical (unpaired) electrons. The highest BCUT2D eigenvalue weighted by Gasteiger charge is 2.32. The van der Waals surface area contributed by atoms with Gasteiger partial charge in [0.15, 0.2) is 4.80 Å². The topological polar surface area (TPSA) is 111 Å². The van der Waals surface area contributed by atoms with E-state index in [4.69, 9.17) is 14.1 Å². The molecular formula is C34H24N2O6S. The van der Waals surface area contributed by atoms with Crippen LogP contribution >= 0.6 is 11.3 Å². The van der Waals surface area contributed by atoms with Crippen molar-refractivity contribution >= 4 is 35.0 Å². The van der Waals surface area contributed by atoms with Crippen molar-refractivity contribution in [2.45, 2.75) is 18.9 Å². The Bertz CT molecular complexity index is 2150. The highest BCUT2D eigenvalue weighted by molar-refractivity contribution is 7.07. The Morgan fingerprint density at radius 1 is 0.977 bits per heavy atom. The Balaban J connectivity index is 1.38. The fraction of sp³-hybridized carbons (Fsp3) is 0.118. The van der Waals surface area contributed by atoms with Crippen LogP contribution in [0.5, 0.6) is 0 Å². The molecule has 0 amide bonds. The third kappa shape index (κ3) is 4.54. The Labute approximate surface area is 249 Å². The van der Waals surface area contributed by atoms with E-state index in [2.05, 4.69) is 12.1 Å². The molecule has 0 bridgehead atoms. The minimum absolute atomic E-state index is 0.131. The normalized spacial score (nSPS) is 15.7. The van der Waals surface area contributed by atoms with Gasteiger partial charge in [-0.25, -0.2) is 14.6 Å². The van der Waals surface area contributed by atoms with Crippen LogP contribution in [0.15, 0.2) is 105 Å². The number of thiazole rings is 1. The lowest BCUT2D eigenvalue weighted by atomic mass is 9.83. The molecule has 3 heterocycles. The van der Waals surface area contributed by atoms with E-state index in [1.54, 1.807) is 53.1 Å². The second kappa shape index (κ2) is 10.5. The first-order chi connectivity index (χ1) is 20.9. The van der Waals surface area contributed by atoms with Gasteiger partial charge in [0.2, 0.25) is 0 Å². The number of esters is 1. The molecule has 212 valence electrons. The standard InChI is InChI=1S/C34H24N2O6S/c1-41-33(40)21-12-10-20(11-13-21)30-26-16-14-19-6-2-3-7-23(19)29(26)35-34-36(30)31(37)28(43-34)18-22-15-17-27(42-22)24-8-4-5-9-25(24)32(38)39/h2-13,15,17-18,30H,14,16H2,1H3,(H,38,39)/b28-18-. The number of methoxy groups -OCH3 is 1. The van der Waals surface area contributed by atoms with Crippen LogP contribution in [0.2, 0.25) is 0 Å². The number of aromatic nitrogens is 1. The maximum absolute atomic E-state index is 14.0. The number of nitrogens with zero attached hydrogens (tertiary/aromatic N) is 2. The van der Waals surface area contributed by atoms with E-state index < -0.39 is 18.0 Å². The molecule has 0 saturated carbocycles. The van der Waals surface area contributed by atoms with Crippen LogP contribution in [0.4, 0.5) is 0 Å². The maximum atomic E-state index is 14.0. The summed E-state index contributed by atoms with van der Waals surface area (Å²) in [5.41, 5.74) is 5.88. The zero-order valence-corrected chi connectivity index (χ0v) is 23.8. The van der Waals surface area contributed by atoms with E-state index in [0.717, 1.165) is 35.2 Å². The summed E-state index contributed by atoms with van der Waals surface area (Å²) < 4.78 is 13.0. The Hall–Kier alpha value is -5.28. The molecule has 0 saturated heterocycles. The van der Waals surface area contributed by atoms with E-state index in [0.29, 0.717) is 32.0 Å². The molecule has 2 aliphatic rings. The van der Waals surface area contributed by atoms with Crippen LogP contribution in [-0.2, 0) is 11.2 Å². The van der Waals surface area contributed by atoms with Gasteiger partial charge < -0.3 is 14.3 Å². The van der Waals surface area contributed by atoms with Gasteiger partial charge in [0, 0.05) is 17.2 Å². The molecular weight excluding hydrogens is 564 g/mol. The maximum Gasteiger partial charge on any atom is 0.337 e. The van der Waals surface area contributed by atoms with E-state index in [1.807, 2.05) is 24.3 Å². The number of ether oxygens (including phenoxy) is 1. The summed E-state index contributed by atoms with van der Waals surface area (Å²) in [7, 11) is 1.34. The van der Waals surface area contributed by atoms with Gasteiger partial charge in [-0.15, -0.1) is 0 Å². The van der Waals surface area contributed by atoms with Crippen LogP contribution in [-0.4, -0.2) is 28.7 Å². The van der Waals surface area contributed by atoms with Gasteiger partial charge in [0.25, 0.3) is 5.56 Å². The summed E-state index contributed by atoms with van der Waals surface area (Å²) in [6, 6.07) is 25.0. The second-order valence-corrected chi connectivity index (χ2v) is 11.3. The number of carbonyl (C=O) groups excluding carboxylic acids is 1. The molecule has 9 heteroatoms. The molecule has 1 aliphatic heterocycles. The van der Waals surface area contributed by atoms with Gasteiger partial charge in [-0.05, 0) is 59.9 Å². The van der Waals surface area contributed by atoms with E-state index in [9.17, 15) is 19.5 Å². The van der Waals surface area contributed by atoms with Crippen LogP contribution < -0.4 is 14.9 Å². The highest BCUT2D eigenvalue weighted by atomic mass is 32.1. The lowest BCUT2D eigenvalue weighted by Gasteiger charge is -2.30. The van der Waals surface area contributed by atoms with Crippen molar-refractivity contribution in [3.05, 3.63) is 144 Å². The molecule has 1 atom stereocenters. The van der Waals surface area contributed by atoms with E-state index in [-0.39, 0.29) is 11.1 Å². The van der Waals surface area contributed by atoms with Crippen molar-refractivity contribution < 1.29 is 23.8 Å². The fourth-order valence-corrected chi connectivity index (χ4v) is 6.81. The average molecular weight is 589 g/mol.